The molecule has 1 amide bonds. The molecule has 6 heteroatoms. The topological polar surface area (TPSA) is 46.3 Å². The Morgan fingerprint density at radius 1 is 1.53 bits per heavy atom. The van der Waals surface area contributed by atoms with Gasteiger partial charge in [-0.2, -0.15) is 0 Å². The smallest absolute Gasteiger partial charge is 0.255 e. The van der Waals surface area contributed by atoms with E-state index < -0.39 is 0 Å². The molecule has 0 spiro atoms. The Labute approximate surface area is 120 Å². The van der Waals surface area contributed by atoms with Gasteiger partial charge in [0, 0.05) is 23.6 Å². The second kappa shape index (κ2) is 6.05. The fourth-order valence-electron chi connectivity index (χ4n) is 1.81. The van der Waals surface area contributed by atoms with Crippen LogP contribution in [0, 0.1) is 0 Å². The number of hydrogen-bond acceptors (Lipinski definition) is 2. The fourth-order valence-corrected chi connectivity index (χ4v) is 2.56. The van der Waals surface area contributed by atoms with Crippen molar-refractivity contribution in [1.29, 1.82) is 0 Å². The Kier molecular flexibility index (Phi) is 5.25. The zero-order chi connectivity index (χ0) is 11.7. The maximum absolute atomic E-state index is 12.1. The molecule has 0 unspecified atom stereocenters. The second-order valence-electron chi connectivity index (χ2n) is 3.92. The van der Waals surface area contributed by atoms with E-state index >= 15 is 0 Å². The van der Waals surface area contributed by atoms with Gasteiger partial charge in [0.1, 0.15) is 0 Å². The third kappa shape index (κ3) is 3.35. The Balaban J connectivity index is 0.00000144. The van der Waals surface area contributed by atoms with Gasteiger partial charge in [-0.15, -0.1) is 12.4 Å². The number of carbonyl (C=O) groups excluding carboxylic acids is 1. The van der Waals surface area contributed by atoms with Crippen LogP contribution in [-0.4, -0.2) is 29.9 Å². The molecule has 1 aromatic carbocycles. The van der Waals surface area contributed by atoms with E-state index in [0.29, 0.717) is 23.7 Å². The summed E-state index contributed by atoms with van der Waals surface area (Å²) in [6.07, 6.45) is 0.861. The lowest BCUT2D eigenvalue weighted by atomic mass is 10.2. The van der Waals surface area contributed by atoms with E-state index in [1.807, 2.05) is 6.07 Å². The Hall–Kier alpha value is -0.290. The monoisotopic (exact) mass is 338 g/mol. The standard InChI is InChI=1S/C11H12BrClN2O.ClH/c12-7-1-2-9(10(13)5-7)11(16)15-4-3-8(14)6-15;/h1-2,5,8H,3-4,6,14H2;1H/t8-;/m1./s1. The number of rotatable bonds is 1. The number of amides is 1. The van der Waals surface area contributed by atoms with Crippen molar-refractivity contribution in [2.24, 2.45) is 5.73 Å². The first-order chi connectivity index (χ1) is 7.58. The summed E-state index contributed by atoms with van der Waals surface area (Å²) in [5, 5.41) is 0.472. The predicted octanol–water partition coefficient (Wildman–Crippen LogP) is 2.70. The first kappa shape index (κ1) is 14.8. The zero-order valence-electron chi connectivity index (χ0n) is 9.03. The van der Waals surface area contributed by atoms with E-state index in [2.05, 4.69) is 15.9 Å². The molecular formula is C11H13BrCl2N2O. The van der Waals surface area contributed by atoms with Crippen LogP contribution in [0.25, 0.3) is 0 Å². The molecule has 1 atom stereocenters. The van der Waals surface area contributed by atoms with Crippen molar-refractivity contribution in [2.75, 3.05) is 13.1 Å². The highest BCUT2D eigenvalue weighted by Gasteiger charge is 2.25. The third-order valence-corrected chi connectivity index (χ3v) is 3.48. The maximum atomic E-state index is 12.1. The minimum atomic E-state index is -0.0366. The molecule has 2 rings (SSSR count). The molecule has 1 aliphatic heterocycles. The average Bonchev–Trinajstić information content (AvgIpc) is 2.64. The minimum Gasteiger partial charge on any atom is -0.337 e. The highest BCUT2D eigenvalue weighted by molar-refractivity contribution is 9.10. The molecule has 0 bridgehead atoms. The summed E-state index contributed by atoms with van der Waals surface area (Å²) >= 11 is 9.34. The molecule has 0 saturated carbocycles. The van der Waals surface area contributed by atoms with Crippen LogP contribution in [0.5, 0.6) is 0 Å². The fraction of sp³-hybridized carbons (Fsp3) is 0.364. The zero-order valence-corrected chi connectivity index (χ0v) is 12.2. The van der Waals surface area contributed by atoms with Gasteiger partial charge < -0.3 is 10.6 Å². The van der Waals surface area contributed by atoms with Crippen LogP contribution in [0.15, 0.2) is 22.7 Å². The van der Waals surface area contributed by atoms with Crippen molar-refractivity contribution in [1.82, 2.24) is 4.90 Å². The second-order valence-corrected chi connectivity index (χ2v) is 5.25. The molecule has 2 N–H and O–H groups in total. The number of benzene rings is 1. The molecule has 3 nitrogen and oxygen atoms in total. The lowest BCUT2D eigenvalue weighted by Gasteiger charge is -2.16. The van der Waals surface area contributed by atoms with Gasteiger partial charge >= 0.3 is 0 Å². The Morgan fingerprint density at radius 2 is 2.24 bits per heavy atom. The van der Waals surface area contributed by atoms with E-state index in [9.17, 15) is 4.79 Å². The van der Waals surface area contributed by atoms with Crippen LogP contribution in [-0.2, 0) is 0 Å². The summed E-state index contributed by atoms with van der Waals surface area (Å²) in [4.78, 5) is 13.8. The minimum absolute atomic E-state index is 0. The van der Waals surface area contributed by atoms with E-state index in [0.717, 1.165) is 10.9 Å². The Bertz CT molecular complexity index is 428. The highest BCUT2D eigenvalue weighted by Crippen LogP contribution is 2.23. The number of nitrogens with two attached hydrogens (primary N) is 1. The number of nitrogens with zero attached hydrogens (tertiary/aromatic N) is 1. The number of carbonyl (C=O) groups is 1. The lowest BCUT2D eigenvalue weighted by molar-refractivity contribution is 0.0791. The van der Waals surface area contributed by atoms with E-state index in [1.54, 1.807) is 17.0 Å². The summed E-state index contributed by atoms with van der Waals surface area (Å²) < 4.78 is 0.868. The van der Waals surface area contributed by atoms with E-state index in [1.165, 1.54) is 0 Å². The molecule has 0 aliphatic carbocycles. The van der Waals surface area contributed by atoms with Gasteiger partial charge in [-0.25, -0.2) is 0 Å². The van der Waals surface area contributed by atoms with Crippen LogP contribution < -0.4 is 5.73 Å². The summed E-state index contributed by atoms with van der Waals surface area (Å²) in [5.41, 5.74) is 6.31. The molecule has 1 aromatic rings. The molecular weight excluding hydrogens is 327 g/mol. The largest absolute Gasteiger partial charge is 0.337 e. The quantitative estimate of drug-likeness (QED) is 0.855. The van der Waals surface area contributed by atoms with Crippen molar-refractivity contribution in [3.05, 3.63) is 33.3 Å². The lowest BCUT2D eigenvalue weighted by Crippen LogP contribution is -2.32. The molecule has 0 aromatic heterocycles. The summed E-state index contributed by atoms with van der Waals surface area (Å²) in [7, 11) is 0. The molecule has 1 heterocycles. The molecule has 1 aliphatic rings. The predicted molar refractivity (Wildman–Crippen MR) is 74.9 cm³/mol. The molecule has 17 heavy (non-hydrogen) atoms. The number of likely N-dealkylation sites (tertiary alicyclic amines) is 1. The molecule has 94 valence electrons. The normalized spacial score (nSPS) is 19.0. The molecule has 1 fully saturated rings. The average molecular weight is 340 g/mol. The Morgan fingerprint density at radius 3 is 2.76 bits per heavy atom. The summed E-state index contributed by atoms with van der Waals surface area (Å²) in [6.45, 7) is 1.33. The summed E-state index contributed by atoms with van der Waals surface area (Å²) in [6, 6.07) is 5.37. The van der Waals surface area contributed by atoms with Crippen molar-refractivity contribution in [3.63, 3.8) is 0 Å². The van der Waals surface area contributed by atoms with Gasteiger partial charge in [-0.1, -0.05) is 27.5 Å². The van der Waals surface area contributed by atoms with Crippen LogP contribution in [0.4, 0.5) is 0 Å². The van der Waals surface area contributed by atoms with Crippen molar-refractivity contribution in [3.8, 4) is 0 Å². The van der Waals surface area contributed by atoms with Crippen LogP contribution >= 0.6 is 39.9 Å². The SMILES string of the molecule is Cl.N[C@@H]1CCN(C(=O)c2ccc(Br)cc2Cl)C1. The van der Waals surface area contributed by atoms with Crippen LogP contribution in [0.1, 0.15) is 16.8 Å². The van der Waals surface area contributed by atoms with Crippen molar-refractivity contribution < 1.29 is 4.79 Å². The third-order valence-electron chi connectivity index (χ3n) is 2.67. The molecule has 1 saturated heterocycles. The molecule has 0 radical (unpaired) electrons. The van der Waals surface area contributed by atoms with Gasteiger partial charge in [0.15, 0.2) is 0 Å². The van der Waals surface area contributed by atoms with Crippen LogP contribution in [0.3, 0.4) is 0 Å². The van der Waals surface area contributed by atoms with Crippen molar-refractivity contribution >= 4 is 45.8 Å². The first-order valence-corrected chi connectivity index (χ1v) is 6.25. The van der Waals surface area contributed by atoms with Gasteiger partial charge in [0.05, 0.1) is 10.6 Å². The van der Waals surface area contributed by atoms with Crippen LogP contribution in [0.2, 0.25) is 5.02 Å². The summed E-state index contributed by atoms with van der Waals surface area (Å²) in [5.74, 6) is -0.0366. The van der Waals surface area contributed by atoms with Gasteiger partial charge in [0.25, 0.3) is 5.91 Å². The number of hydrogen-bond donors (Lipinski definition) is 1. The van der Waals surface area contributed by atoms with Gasteiger partial charge in [-0.3, -0.25) is 4.79 Å². The highest BCUT2D eigenvalue weighted by atomic mass is 79.9. The number of halogens is 3. The first-order valence-electron chi connectivity index (χ1n) is 5.08. The van der Waals surface area contributed by atoms with Gasteiger partial charge in [-0.05, 0) is 24.6 Å². The van der Waals surface area contributed by atoms with Gasteiger partial charge in [0.2, 0.25) is 0 Å². The maximum Gasteiger partial charge on any atom is 0.255 e. The van der Waals surface area contributed by atoms with E-state index in [-0.39, 0.29) is 24.4 Å². The van der Waals surface area contributed by atoms with E-state index in [4.69, 9.17) is 17.3 Å². The van der Waals surface area contributed by atoms with Crippen molar-refractivity contribution in [2.45, 2.75) is 12.5 Å².